The summed E-state index contributed by atoms with van der Waals surface area (Å²) in [7, 11) is 1.38. The van der Waals surface area contributed by atoms with E-state index in [4.69, 9.17) is 0 Å². The highest BCUT2D eigenvalue weighted by molar-refractivity contribution is 7.35. The fourth-order valence-electron chi connectivity index (χ4n) is 2.13. The molecule has 1 saturated heterocycles. The van der Waals surface area contributed by atoms with E-state index in [1.54, 1.807) is 0 Å². The van der Waals surface area contributed by atoms with E-state index in [1.165, 1.54) is 40.0 Å². The molecule has 1 aliphatic heterocycles. The van der Waals surface area contributed by atoms with E-state index in [1.807, 2.05) is 0 Å². The lowest BCUT2D eigenvalue weighted by atomic mass is 10.0. The molecule has 0 aromatic rings. The Labute approximate surface area is 95.8 Å². The number of allylic oxidation sites excluding steroid dienone is 1. The second-order valence-electron chi connectivity index (χ2n) is 4.08. The lowest BCUT2D eigenvalue weighted by Gasteiger charge is -2.37. The van der Waals surface area contributed by atoms with Gasteiger partial charge >= 0.3 is 0 Å². The molecule has 0 saturated carbocycles. The molecule has 2 nitrogen and oxygen atoms in total. The second kappa shape index (κ2) is 6.30. The highest BCUT2D eigenvalue weighted by Crippen LogP contribution is 2.23. The molecule has 0 bridgehead atoms. The van der Waals surface area contributed by atoms with Gasteiger partial charge in [-0.1, -0.05) is 13.5 Å². The van der Waals surface area contributed by atoms with Crippen LogP contribution in [0, 0.1) is 0 Å². The lowest BCUT2D eigenvalue weighted by molar-refractivity contribution is 0.199. The summed E-state index contributed by atoms with van der Waals surface area (Å²) < 4.78 is 2.55. The molecule has 0 aromatic heterocycles. The Balaban J connectivity index is 2.45. The van der Waals surface area contributed by atoms with Gasteiger partial charge in [-0.15, -0.1) is 0 Å². The first-order valence-corrected chi connectivity index (χ1v) is 6.76. The monoisotopic (exact) mass is 226 g/mol. The number of rotatable bonds is 4. The fourth-order valence-corrected chi connectivity index (χ4v) is 3.01. The summed E-state index contributed by atoms with van der Waals surface area (Å²) in [6.45, 7) is 14.0. The molecule has 3 heteroatoms. The van der Waals surface area contributed by atoms with Gasteiger partial charge < -0.3 is 4.90 Å². The van der Waals surface area contributed by atoms with Crippen LogP contribution in [0.15, 0.2) is 12.3 Å². The normalized spacial score (nSPS) is 19.1. The van der Waals surface area contributed by atoms with Gasteiger partial charge in [-0.05, 0) is 40.8 Å². The maximum absolute atomic E-state index is 4.01. The summed E-state index contributed by atoms with van der Waals surface area (Å²) in [5.41, 5.74) is 1.22. The molecule has 0 atom stereocenters. The first kappa shape index (κ1) is 12.7. The van der Waals surface area contributed by atoms with E-state index >= 15 is 0 Å². The Bertz CT molecular complexity index is 230. The highest BCUT2D eigenvalue weighted by atomic mass is 31.1. The molecule has 0 aliphatic carbocycles. The standard InChI is InChI=1S/C12H23N2P/c1-5-14(15-6-2)12-7-9-13(10-8-12)11(3)4/h6,12H,3,5,7-10H2,1-2,4H3. The molecule has 1 rings (SSSR count). The predicted molar refractivity (Wildman–Crippen MR) is 70.4 cm³/mol. The van der Waals surface area contributed by atoms with Crippen molar-refractivity contribution in [2.45, 2.75) is 39.7 Å². The molecule has 0 radical (unpaired) electrons. The van der Waals surface area contributed by atoms with Crippen molar-refractivity contribution < 1.29 is 0 Å². The van der Waals surface area contributed by atoms with Gasteiger partial charge in [-0.25, -0.2) is 0 Å². The maximum atomic E-state index is 4.01. The topological polar surface area (TPSA) is 6.48 Å². The van der Waals surface area contributed by atoms with Crippen LogP contribution in [-0.4, -0.2) is 41.0 Å². The molecule has 0 unspecified atom stereocenters. The van der Waals surface area contributed by atoms with E-state index in [0.717, 1.165) is 12.6 Å². The largest absolute Gasteiger partial charge is 0.375 e. The highest BCUT2D eigenvalue weighted by Gasteiger charge is 2.22. The van der Waals surface area contributed by atoms with Crippen LogP contribution in [0.25, 0.3) is 0 Å². The zero-order chi connectivity index (χ0) is 11.3. The van der Waals surface area contributed by atoms with Crippen molar-refractivity contribution in [2.24, 2.45) is 0 Å². The van der Waals surface area contributed by atoms with Crippen LogP contribution in [0.3, 0.4) is 0 Å². The van der Waals surface area contributed by atoms with Crippen LogP contribution in [0.2, 0.25) is 0 Å². The predicted octanol–water partition coefficient (Wildman–Crippen LogP) is 2.99. The minimum Gasteiger partial charge on any atom is -0.375 e. The molecule has 1 fully saturated rings. The number of likely N-dealkylation sites (tertiary alicyclic amines) is 1. The first-order valence-electron chi connectivity index (χ1n) is 5.84. The summed E-state index contributed by atoms with van der Waals surface area (Å²) >= 11 is 0. The fraction of sp³-hybridized carbons (Fsp3) is 0.750. The molecule has 1 aliphatic rings. The van der Waals surface area contributed by atoms with E-state index in [2.05, 4.69) is 42.7 Å². The number of nitrogens with zero attached hydrogens (tertiary/aromatic N) is 2. The summed E-state index contributed by atoms with van der Waals surface area (Å²) in [4.78, 5) is 2.40. The minimum absolute atomic E-state index is 0.767. The van der Waals surface area contributed by atoms with E-state index in [-0.39, 0.29) is 0 Å². The van der Waals surface area contributed by atoms with Gasteiger partial charge in [0.1, 0.15) is 0 Å². The zero-order valence-electron chi connectivity index (χ0n) is 10.2. The van der Waals surface area contributed by atoms with Crippen molar-refractivity contribution in [1.82, 2.24) is 9.57 Å². The Morgan fingerprint density at radius 3 is 2.53 bits per heavy atom. The summed E-state index contributed by atoms with van der Waals surface area (Å²) in [6, 6.07) is 0.767. The van der Waals surface area contributed by atoms with Crippen LogP contribution in [-0.2, 0) is 0 Å². The molecule has 0 N–H and O–H groups in total. The van der Waals surface area contributed by atoms with Crippen molar-refractivity contribution >= 4 is 14.2 Å². The summed E-state index contributed by atoms with van der Waals surface area (Å²) in [5, 5.41) is 0. The summed E-state index contributed by atoms with van der Waals surface area (Å²) in [6.07, 6.45) is 2.56. The third-order valence-corrected chi connectivity index (χ3v) is 4.15. The second-order valence-corrected chi connectivity index (χ2v) is 5.34. The van der Waals surface area contributed by atoms with Gasteiger partial charge in [0, 0.05) is 31.4 Å². The van der Waals surface area contributed by atoms with Crippen LogP contribution in [0.5, 0.6) is 0 Å². The van der Waals surface area contributed by atoms with Crippen LogP contribution in [0.1, 0.15) is 33.6 Å². The number of hydrogen-bond acceptors (Lipinski definition) is 2. The molecule has 15 heavy (non-hydrogen) atoms. The van der Waals surface area contributed by atoms with E-state index < -0.39 is 0 Å². The van der Waals surface area contributed by atoms with Crippen LogP contribution in [0.4, 0.5) is 0 Å². The molecular weight excluding hydrogens is 203 g/mol. The molecule has 0 amide bonds. The Hall–Kier alpha value is -0.330. The Morgan fingerprint density at radius 1 is 1.53 bits per heavy atom. The van der Waals surface area contributed by atoms with Crippen molar-refractivity contribution in [1.29, 1.82) is 0 Å². The van der Waals surface area contributed by atoms with Gasteiger partial charge in [0.15, 0.2) is 0 Å². The van der Waals surface area contributed by atoms with Crippen molar-refractivity contribution in [3.8, 4) is 0 Å². The van der Waals surface area contributed by atoms with Gasteiger partial charge in [0.2, 0.25) is 0 Å². The summed E-state index contributed by atoms with van der Waals surface area (Å²) in [5.74, 6) is 2.23. The molecule has 86 valence electrons. The molecule has 1 heterocycles. The smallest absolute Gasteiger partial charge is 0.0213 e. The number of piperidine rings is 1. The zero-order valence-corrected chi connectivity index (χ0v) is 11.1. The van der Waals surface area contributed by atoms with Crippen molar-refractivity contribution in [3.05, 3.63) is 12.3 Å². The minimum atomic E-state index is 0.767. The third-order valence-electron chi connectivity index (χ3n) is 3.01. The molecular formula is C12H23N2P. The Kier molecular flexibility index (Phi) is 5.35. The molecule has 0 spiro atoms. The quantitative estimate of drug-likeness (QED) is 0.680. The third kappa shape index (κ3) is 3.62. The van der Waals surface area contributed by atoms with Crippen molar-refractivity contribution in [3.63, 3.8) is 0 Å². The average Bonchev–Trinajstić information content (AvgIpc) is 2.26. The number of hydrogen-bond donors (Lipinski definition) is 0. The van der Waals surface area contributed by atoms with Crippen LogP contribution >= 0.6 is 8.35 Å². The first-order chi connectivity index (χ1) is 7.19. The average molecular weight is 226 g/mol. The van der Waals surface area contributed by atoms with Gasteiger partial charge in [0.05, 0.1) is 0 Å². The van der Waals surface area contributed by atoms with Crippen LogP contribution < -0.4 is 0 Å². The van der Waals surface area contributed by atoms with Gasteiger partial charge in [-0.3, -0.25) is 4.67 Å². The molecule has 0 aromatic carbocycles. The Morgan fingerprint density at radius 2 is 2.13 bits per heavy atom. The van der Waals surface area contributed by atoms with Gasteiger partial charge in [0.25, 0.3) is 0 Å². The van der Waals surface area contributed by atoms with Crippen molar-refractivity contribution in [2.75, 3.05) is 19.6 Å². The van der Waals surface area contributed by atoms with E-state index in [0.29, 0.717) is 0 Å². The lowest BCUT2D eigenvalue weighted by Crippen LogP contribution is -2.40. The maximum Gasteiger partial charge on any atom is 0.0213 e. The van der Waals surface area contributed by atoms with E-state index in [9.17, 15) is 0 Å². The SMILES string of the molecule is C=C(C)N1CCC(N(CC)/P=C\C)CC1. The van der Waals surface area contributed by atoms with Gasteiger partial charge in [-0.2, -0.15) is 0 Å².